The lowest BCUT2D eigenvalue weighted by molar-refractivity contribution is 0.436. The average Bonchev–Trinajstić information content (AvgIpc) is 1.70. The second-order valence-corrected chi connectivity index (χ2v) is 23.2. The van der Waals surface area contributed by atoms with Crippen LogP contribution in [0.25, 0.3) is 55.6 Å². The highest BCUT2D eigenvalue weighted by Gasteiger charge is 2.55. The fraction of sp³-hybridized carbons (Fsp3) is 0.0370. The van der Waals surface area contributed by atoms with Gasteiger partial charge in [0.05, 0.1) is 27.6 Å². The standard InChI is InChI=1S/C81H49NO2/c1-6-26-59-53(21-1)54-22-2-7-27-60(54)79(59)62-29-9-4-24-57(62)77-68(79)35-19-37-71(77)82(72-38-20-36-69-78(72)58-25-5-10-30-63(58)80(69)64-31-11-15-39-73(64)83-74-40-16-12-32-65(74)80)52-46-43-50(44-47-52)51-45-48-56-55-23-3-8-28-61(55)81(70(56)49-51)66-33-13-17-41-75(66)84-76-42-18-14-34-67(76)81/h1-49H. The van der Waals surface area contributed by atoms with E-state index in [9.17, 15) is 0 Å². The summed E-state index contributed by atoms with van der Waals surface area (Å²) in [5.74, 6) is 3.54. The fourth-order valence-electron chi connectivity index (χ4n) is 16.6. The van der Waals surface area contributed by atoms with E-state index in [0.717, 1.165) is 73.4 Å². The minimum atomic E-state index is -0.647. The molecule has 84 heavy (non-hydrogen) atoms. The van der Waals surface area contributed by atoms with Crippen molar-refractivity contribution in [2.75, 3.05) is 4.90 Å². The van der Waals surface area contributed by atoms with Gasteiger partial charge in [0.25, 0.3) is 0 Å². The van der Waals surface area contributed by atoms with Gasteiger partial charge in [0, 0.05) is 39.1 Å². The molecule has 0 N–H and O–H groups in total. The van der Waals surface area contributed by atoms with Crippen molar-refractivity contribution in [3.63, 3.8) is 0 Å². The van der Waals surface area contributed by atoms with Crippen LogP contribution in [-0.4, -0.2) is 0 Å². The van der Waals surface area contributed by atoms with Crippen molar-refractivity contribution >= 4 is 17.1 Å². The van der Waals surface area contributed by atoms with Crippen LogP contribution in [0.15, 0.2) is 297 Å². The molecule has 390 valence electrons. The maximum absolute atomic E-state index is 6.83. The Morgan fingerprint density at radius 3 is 0.929 bits per heavy atom. The van der Waals surface area contributed by atoms with E-state index in [1.807, 2.05) is 0 Å². The normalized spacial score (nSPS) is 14.9. The molecule has 0 unspecified atom stereocenters. The van der Waals surface area contributed by atoms with Gasteiger partial charge in [-0.05, 0) is 144 Å². The number of para-hydroxylation sites is 4. The van der Waals surface area contributed by atoms with Gasteiger partial charge < -0.3 is 14.4 Å². The number of rotatable bonds is 4. The molecule has 0 saturated heterocycles. The minimum Gasteiger partial charge on any atom is -0.457 e. The highest BCUT2D eigenvalue weighted by molar-refractivity contribution is 6.05. The number of fused-ring (bicyclic) bond motifs is 28. The maximum Gasteiger partial charge on any atom is 0.132 e. The molecule has 0 fully saturated rings. The smallest absolute Gasteiger partial charge is 0.132 e. The molecule has 3 spiro atoms. The molecule has 2 heterocycles. The molecule has 0 bridgehead atoms. The van der Waals surface area contributed by atoms with Crippen molar-refractivity contribution in [1.29, 1.82) is 0 Å². The van der Waals surface area contributed by atoms with Crippen LogP contribution in [0.1, 0.15) is 66.8 Å². The zero-order chi connectivity index (χ0) is 54.9. The van der Waals surface area contributed by atoms with E-state index >= 15 is 0 Å². The molecule has 4 aliphatic carbocycles. The topological polar surface area (TPSA) is 21.7 Å². The molecule has 0 radical (unpaired) electrons. The predicted octanol–water partition coefficient (Wildman–Crippen LogP) is 20.1. The van der Waals surface area contributed by atoms with Crippen molar-refractivity contribution < 1.29 is 9.47 Å². The van der Waals surface area contributed by atoms with Gasteiger partial charge in [0.2, 0.25) is 0 Å². The van der Waals surface area contributed by atoms with E-state index in [-0.39, 0.29) is 0 Å². The van der Waals surface area contributed by atoms with E-state index in [1.165, 1.54) is 89.0 Å². The molecular formula is C81H49NO2. The van der Waals surface area contributed by atoms with E-state index in [1.54, 1.807) is 0 Å². The maximum atomic E-state index is 6.83. The molecular weight excluding hydrogens is 1020 g/mol. The monoisotopic (exact) mass is 1070 g/mol. The van der Waals surface area contributed by atoms with E-state index in [4.69, 9.17) is 9.47 Å². The number of ether oxygens (including phenoxy) is 2. The van der Waals surface area contributed by atoms with Crippen LogP contribution in [-0.2, 0) is 16.2 Å². The molecule has 3 heteroatoms. The Morgan fingerprint density at radius 1 is 0.214 bits per heavy atom. The molecule has 6 aliphatic rings. The van der Waals surface area contributed by atoms with E-state index in [0.29, 0.717) is 0 Å². The average molecular weight is 1070 g/mol. The van der Waals surface area contributed by atoms with E-state index < -0.39 is 16.2 Å². The molecule has 0 amide bonds. The second-order valence-electron chi connectivity index (χ2n) is 23.2. The first-order chi connectivity index (χ1) is 41.7. The lowest BCUT2D eigenvalue weighted by Gasteiger charge is -2.39. The Kier molecular flexibility index (Phi) is 9.13. The van der Waals surface area contributed by atoms with Gasteiger partial charge in [-0.15, -0.1) is 0 Å². The summed E-state index contributed by atoms with van der Waals surface area (Å²) in [5.41, 5.74) is 28.7. The third kappa shape index (κ3) is 5.57. The zero-order valence-corrected chi connectivity index (χ0v) is 45.6. The highest BCUT2D eigenvalue weighted by Crippen LogP contribution is 2.68. The largest absolute Gasteiger partial charge is 0.457 e. The van der Waals surface area contributed by atoms with Gasteiger partial charge in [-0.25, -0.2) is 0 Å². The minimum absolute atomic E-state index is 0.522. The number of nitrogens with zero attached hydrogens (tertiary/aromatic N) is 1. The summed E-state index contributed by atoms with van der Waals surface area (Å²) in [5, 5.41) is 0. The van der Waals surface area contributed by atoms with Crippen LogP contribution in [0.5, 0.6) is 23.0 Å². The first-order valence-corrected chi connectivity index (χ1v) is 29.2. The summed E-state index contributed by atoms with van der Waals surface area (Å²) in [7, 11) is 0. The molecule has 0 saturated carbocycles. The fourth-order valence-corrected chi connectivity index (χ4v) is 16.6. The molecule has 2 aliphatic heterocycles. The number of benzene rings is 13. The lowest BCUT2D eigenvalue weighted by Crippen LogP contribution is -2.32. The summed E-state index contributed by atoms with van der Waals surface area (Å²) >= 11 is 0. The lowest BCUT2D eigenvalue weighted by atomic mass is 9.66. The van der Waals surface area contributed by atoms with Crippen molar-refractivity contribution in [3.05, 3.63) is 364 Å². The number of hydrogen-bond donors (Lipinski definition) is 0. The Labute approximate surface area is 487 Å². The van der Waals surface area contributed by atoms with Crippen molar-refractivity contribution in [1.82, 2.24) is 0 Å². The number of hydrogen-bond acceptors (Lipinski definition) is 3. The molecule has 3 nitrogen and oxygen atoms in total. The molecule has 0 atom stereocenters. The molecule has 13 aromatic carbocycles. The summed E-state index contributed by atoms with van der Waals surface area (Å²) in [6.07, 6.45) is 0. The van der Waals surface area contributed by atoms with Gasteiger partial charge in [-0.3, -0.25) is 0 Å². The highest BCUT2D eigenvalue weighted by atomic mass is 16.5. The summed E-state index contributed by atoms with van der Waals surface area (Å²) in [6, 6.07) is 111. The quantitative estimate of drug-likeness (QED) is 0.175. The Morgan fingerprint density at radius 2 is 0.512 bits per heavy atom. The van der Waals surface area contributed by atoms with Gasteiger partial charge in [0.15, 0.2) is 0 Å². The van der Waals surface area contributed by atoms with Crippen LogP contribution in [0.4, 0.5) is 17.1 Å². The molecule has 19 rings (SSSR count). The molecule has 0 aromatic heterocycles. The summed E-state index contributed by atoms with van der Waals surface area (Å²) in [4.78, 5) is 2.58. The third-order valence-corrected chi connectivity index (χ3v) is 19.6. The molecule has 13 aromatic rings. The summed E-state index contributed by atoms with van der Waals surface area (Å²) < 4.78 is 13.6. The van der Waals surface area contributed by atoms with Gasteiger partial charge in [-0.1, -0.05) is 243 Å². The van der Waals surface area contributed by atoms with Crippen LogP contribution in [0.2, 0.25) is 0 Å². The van der Waals surface area contributed by atoms with E-state index in [2.05, 4.69) is 302 Å². The van der Waals surface area contributed by atoms with Crippen LogP contribution in [0.3, 0.4) is 0 Å². The third-order valence-electron chi connectivity index (χ3n) is 19.6. The van der Waals surface area contributed by atoms with Gasteiger partial charge in [-0.2, -0.15) is 0 Å². The summed E-state index contributed by atoms with van der Waals surface area (Å²) in [6.45, 7) is 0. The first-order valence-electron chi connectivity index (χ1n) is 29.2. The van der Waals surface area contributed by atoms with Gasteiger partial charge >= 0.3 is 0 Å². The van der Waals surface area contributed by atoms with Crippen LogP contribution < -0.4 is 14.4 Å². The zero-order valence-electron chi connectivity index (χ0n) is 45.6. The van der Waals surface area contributed by atoms with Crippen LogP contribution >= 0.6 is 0 Å². The van der Waals surface area contributed by atoms with Crippen molar-refractivity contribution in [2.45, 2.75) is 16.2 Å². The van der Waals surface area contributed by atoms with Crippen molar-refractivity contribution in [3.8, 4) is 78.6 Å². The van der Waals surface area contributed by atoms with Gasteiger partial charge in [0.1, 0.15) is 23.0 Å². The first kappa shape index (κ1) is 45.9. The van der Waals surface area contributed by atoms with Crippen molar-refractivity contribution in [2.24, 2.45) is 0 Å². The Balaban J connectivity index is 0.860. The SMILES string of the molecule is c1ccc2c(c1)Oc1ccccc1C21c2ccccc2-c2ccc(-c3ccc(N(c4cccc5c4-c4ccccc4C54c5ccccc5Oc5ccccc54)c4cccc5c4-c4ccccc4C54c5ccccc5-c5ccccc54)cc3)cc21. The second kappa shape index (κ2) is 16.7. The number of anilines is 3. The Bertz CT molecular complexity index is 4870. The Hall–Kier alpha value is -10.7. The van der Waals surface area contributed by atoms with Crippen LogP contribution in [0, 0.1) is 0 Å². The predicted molar refractivity (Wildman–Crippen MR) is 338 cm³/mol.